The molecule has 1 amide bonds. The minimum absolute atomic E-state index is 0.129. The third-order valence-electron chi connectivity index (χ3n) is 4.36. The van der Waals surface area contributed by atoms with Crippen molar-refractivity contribution in [2.24, 2.45) is 0 Å². The van der Waals surface area contributed by atoms with E-state index in [2.05, 4.69) is 20.5 Å². The molecule has 0 saturated heterocycles. The fourth-order valence-electron chi connectivity index (χ4n) is 3.07. The summed E-state index contributed by atoms with van der Waals surface area (Å²) in [6, 6.07) is 14.8. The molecule has 26 heavy (non-hydrogen) atoms. The van der Waals surface area contributed by atoms with E-state index in [1.165, 1.54) is 0 Å². The van der Waals surface area contributed by atoms with Gasteiger partial charge in [-0.3, -0.25) is 14.7 Å². The van der Waals surface area contributed by atoms with Crippen LogP contribution >= 0.6 is 0 Å². The van der Waals surface area contributed by atoms with Crippen LogP contribution in [-0.4, -0.2) is 32.2 Å². The number of amides is 1. The molecule has 4 aromatic rings. The Morgan fingerprint density at radius 2 is 1.92 bits per heavy atom. The van der Waals surface area contributed by atoms with Gasteiger partial charge < -0.3 is 9.88 Å². The second-order valence-electron chi connectivity index (χ2n) is 6.00. The monoisotopic (exact) mass is 347 g/mol. The fourth-order valence-corrected chi connectivity index (χ4v) is 3.07. The number of para-hydroxylation sites is 3. The lowest BCUT2D eigenvalue weighted by molar-refractivity contribution is 0.0945. The number of fused-ring (bicyclic) bond motifs is 2. The Bertz CT molecular complexity index is 1180. The van der Waals surface area contributed by atoms with Crippen LogP contribution in [0.3, 0.4) is 0 Å². The van der Waals surface area contributed by atoms with Gasteiger partial charge in [0.25, 0.3) is 5.91 Å². The molecule has 0 unspecified atom stereocenters. The van der Waals surface area contributed by atoms with E-state index in [0.29, 0.717) is 24.0 Å². The van der Waals surface area contributed by atoms with Crippen molar-refractivity contribution in [2.75, 3.05) is 6.54 Å². The number of benzene rings is 2. The van der Waals surface area contributed by atoms with E-state index in [0.717, 1.165) is 16.9 Å². The van der Waals surface area contributed by atoms with Gasteiger partial charge in [0.1, 0.15) is 5.82 Å². The molecule has 0 saturated carbocycles. The molecule has 0 aliphatic heterocycles. The van der Waals surface area contributed by atoms with Crippen LogP contribution in [0.1, 0.15) is 16.3 Å². The van der Waals surface area contributed by atoms with Crippen molar-refractivity contribution in [3.05, 3.63) is 70.3 Å². The number of carbonyl (C=O) groups excluding carboxylic acids is 1. The fraction of sp³-hybridized carbons (Fsp3) is 0.158. The Morgan fingerprint density at radius 3 is 2.81 bits per heavy atom. The first-order chi connectivity index (χ1) is 12.6. The van der Waals surface area contributed by atoms with Gasteiger partial charge in [0, 0.05) is 18.5 Å². The molecule has 7 heteroatoms. The summed E-state index contributed by atoms with van der Waals surface area (Å²) in [7, 11) is 0. The van der Waals surface area contributed by atoms with Gasteiger partial charge in [0.2, 0.25) is 5.43 Å². The van der Waals surface area contributed by atoms with Crippen molar-refractivity contribution in [3.8, 4) is 0 Å². The highest BCUT2D eigenvalue weighted by Gasteiger charge is 2.15. The molecule has 4 rings (SSSR count). The molecule has 0 aliphatic carbocycles. The zero-order valence-corrected chi connectivity index (χ0v) is 14.2. The van der Waals surface area contributed by atoms with Gasteiger partial charge in [-0.05, 0) is 31.2 Å². The quantitative estimate of drug-likeness (QED) is 0.591. The minimum atomic E-state index is -0.487. The van der Waals surface area contributed by atoms with Crippen molar-refractivity contribution in [1.29, 1.82) is 0 Å². The first-order valence-corrected chi connectivity index (χ1v) is 8.32. The lowest BCUT2D eigenvalue weighted by atomic mass is 10.2. The summed E-state index contributed by atoms with van der Waals surface area (Å²) >= 11 is 0. The van der Waals surface area contributed by atoms with Crippen LogP contribution < -0.4 is 10.7 Å². The number of nitrogens with one attached hydrogen (secondary N) is 2. The molecule has 0 radical (unpaired) electrons. The van der Waals surface area contributed by atoms with Gasteiger partial charge in [-0.1, -0.05) is 24.3 Å². The molecule has 0 bridgehead atoms. The predicted molar refractivity (Wildman–Crippen MR) is 99.2 cm³/mol. The zero-order valence-electron chi connectivity index (χ0n) is 14.2. The van der Waals surface area contributed by atoms with Crippen LogP contribution in [0.15, 0.2) is 53.3 Å². The second kappa shape index (κ2) is 6.44. The third kappa shape index (κ3) is 2.73. The maximum atomic E-state index is 12.4. The summed E-state index contributed by atoms with van der Waals surface area (Å²) in [6.45, 7) is 2.86. The Labute approximate surface area is 148 Å². The maximum absolute atomic E-state index is 12.4. The van der Waals surface area contributed by atoms with Gasteiger partial charge in [-0.25, -0.2) is 4.98 Å². The molecule has 2 aromatic heterocycles. The van der Waals surface area contributed by atoms with E-state index < -0.39 is 5.91 Å². The topological polar surface area (TPSA) is 92.7 Å². The number of hydrogen-bond acceptors (Lipinski definition) is 4. The highest BCUT2D eigenvalue weighted by Crippen LogP contribution is 2.14. The highest BCUT2D eigenvalue weighted by molar-refractivity contribution is 5.95. The summed E-state index contributed by atoms with van der Waals surface area (Å²) in [5.74, 6) is 0.390. The molecule has 2 heterocycles. The summed E-state index contributed by atoms with van der Waals surface area (Å²) in [4.78, 5) is 29.3. The molecule has 0 atom stereocenters. The summed E-state index contributed by atoms with van der Waals surface area (Å²) in [6.07, 6.45) is 0. The number of H-pyrrole nitrogens is 1. The Hall–Kier alpha value is -3.48. The Balaban J connectivity index is 1.52. The molecule has 0 spiro atoms. The van der Waals surface area contributed by atoms with Gasteiger partial charge in [-0.15, -0.1) is 0 Å². The summed E-state index contributed by atoms with van der Waals surface area (Å²) in [5, 5.41) is 9.89. The number of imidazole rings is 1. The van der Waals surface area contributed by atoms with Crippen molar-refractivity contribution < 1.29 is 4.79 Å². The average molecular weight is 347 g/mol. The van der Waals surface area contributed by atoms with Crippen molar-refractivity contribution in [3.63, 3.8) is 0 Å². The standard InChI is InChI=1S/C19H17N5O2/c1-12-21-15-8-4-5-9-16(15)24(12)11-10-20-19(26)17-18(25)13-6-2-3-7-14(13)22-23-17/h2-9H,10-11H2,1H3,(H,20,26)(H,22,25). The lowest BCUT2D eigenvalue weighted by Crippen LogP contribution is -2.32. The number of aromatic amines is 1. The summed E-state index contributed by atoms with van der Waals surface area (Å²) < 4.78 is 2.04. The van der Waals surface area contributed by atoms with E-state index in [1.807, 2.05) is 35.8 Å². The Morgan fingerprint density at radius 1 is 1.15 bits per heavy atom. The van der Waals surface area contributed by atoms with Crippen LogP contribution in [0.25, 0.3) is 21.9 Å². The molecule has 2 aromatic carbocycles. The average Bonchev–Trinajstić information content (AvgIpc) is 2.97. The predicted octanol–water partition coefficient (Wildman–Crippen LogP) is 2.01. The van der Waals surface area contributed by atoms with Crippen LogP contribution in [0.2, 0.25) is 0 Å². The van der Waals surface area contributed by atoms with Gasteiger partial charge in [0.15, 0.2) is 5.69 Å². The van der Waals surface area contributed by atoms with E-state index in [4.69, 9.17) is 0 Å². The SMILES string of the molecule is Cc1nc2ccccc2n1CCNC(=O)c1n[nH]c2ccccc2c1=O. The van der Waals surface area contributed by atoms with Crippen LogP contribution in [0, 0.1) is 6.92 Å². The molecule has 2 N–H and O–H groups in total. The van der Waals surface area contributed by atoms with E-state index in [-0.39, 0.29) is 11.1 Å². The van der Waals surface area contributed by atoms with Gasteiger partial charge in [-0.2, -0.15) is 5.10 Å². The first-order valence-electron chi connectivity index (χ1n) is 8.32. The van der Waals surface area contributed by atoms with E-state index in [1.54, 1.807) is 24.3 Å². The molecular weight excluding hydrogens is 330 g/mol. The van der Waals surface area contributed by atoms with Crippen molar-refractivity contribution in [1.82, 2.24) is 25.1 Å². The maximum Gasteiger partial charge on any atom is 0.275 e. The van der Waals surface area contributed by atoms with E-state index in [9.17, 15) is 9.59 Å². The van der Waals surface area contributed by atoms with Gasteiger partial charge in [0.05, 0.1) is 16.6 Å². The lowest BCUT2D eigenvalue weighted by Gasteiger charge is -2.08. The molecule has 7 nitrogen and oxygen atoms in total. The smallest absolute Gasteiger partial charge is 0.275 e. The minimum Gasteiger partial charge on any atom is -0.349 e. The van der Waals surface area contributed by atoms with Crippen molar-refractivity contribution in [2.45, 2.75) is 13.5 Å². The molecular formula is C19H17N5O2. The number of aromatic nitrogens is 4. The number of aryl methyl sites for hydroxylation is 1. The number of carbonyl (C=O) groups is 1. The van der Waals surface area contributed by atoms with Gasteiger partial charge >= 0.3 is 0 Å². The van der Waals surface area contributed by atoms with Crippen molar-refractivity contribution >= 4 is 27.8 Å². The van der Waals surface area contributed by atoms with Crippen LogP contribution in [0.5, 0.6) is 0 Å². The molecule has 0 aliphatic rings. The van der Waals surface area contributed by atoms with Crippen LogP contribution in [0.4, 0.5) is 0 Å². The third-order valence-corrected chi connectivity index (χ3v) is 4.36. The summed E-state index contributed by atoms with van der Waals surface area (Å²) in [5.41, 5.74) is 2.04. The first kappa shape index (κ1) is 16.0. The molecule has 130 valence electrons. The number of nitrogens with zero attached hydrogens (tertiary/aromatic N) is 3. The van der Waals surface area contributed by atoms with E-state index >= 15 is 0 Å². The zero-order chi connectivity index (χ0) is 18.1. The number of hydrogen-bond donors (Lipinski definition) is 2. The Kier molecular flexibility index (Phi) is 3.96. The van der Waals surface area contributed by atoms with Crippen LogP contribution in [-0.2, 0) is 6.54 Å². The highest BCUT2D eigenvalue weighted by atomic mass is 16.2. The normalized spacial score (nSPS) is 11.1. The molecule has 0 fully saturated rings. The second-order valence-corrected chi connectivity index (χ2v) is 6.00. The number of rotatable bonds is 4. The largest absolute Gasteiger partial charge is 0.349 e.